The number of nitrogens with one attached hydrogen (secondary N) is 1. The van der Waals surface area contributed by atoms with Crippen molar-refractivity contribution in [2.45, 2.75) is 6.61 Å². The Kier molecular flexibility index (Phi) is 6.19. The monoisotopic (exact) mass is 507 g/mol. The van der Waals surface area contributed by atoms with Gasteiger partial charge in [-0.2, -0.15) is 15.1 Å². The molecule has 1 aromatic heterocycles. The number of benzene rings is 2. The summed E-state index contributed by atoms with van der Waals surface area (Å²) in [6, 6.07) is 16.2. The predicted molar refractivity (Wildman–Crippen MR) is 136 cm³/mol. The van der Waals surface area contributed by atoms with Gasteiger partial charge in [-0.25, -0.2) is 0 Å². The number of hydrogen-bond donors (Lipinski definition) is 1. The molecule has 0 radical (unpaired) electrons. The molecule has 0 aliphatic carbocycles. The summed E-state index contributed by atoms with van der Waals surface area (Å²) in [6.45, 7) is 0.335. The average molecular weight is 508 g/mol. The lowest BCUT2D eigenvalue weighted by Gasteiger charge is -2.20. The summed E-state index contributed by atoms with van der Waals surface area (Å²) < 4.78 is 5.80. The minimum Gasteiger partial charge on any atom is -0.487 e. The molecule has 2 aromatic carbocycles. The van der Waals surface area contributed by atoms with E-state index >= 15 is 0 Å². The van der Waals surface area contributed by atoms with Crippen molar-refractivity contribution in [3.63, 3.8) is 0 Å². The number of halogens is 2. The van der Waals surface area contributed by atoms with Gasteiger partial charge in [-0.05, 0) is 65.4 Å². The molecule has 34 heavy (non-hydrogen) atoms. The highest BCUT2D eigenvalue weighted by Gasteiger charge is 2.36. The van der Waals surface area contributed by atoms with Gasteiger partial charge in [0.25, 0.3) is 5.91 Å². The number of rotatable bonds is 5. The molecule has 2 aliphatic rings. The Bertz CT molecular complexity index is 1390. The van der Waals surface area contributed by atoms with Gasteiger partial charge in [0.2, 0.25) is 5.17 Å². The molecule has 7 nitrogen and oxygen atoms in total. The first-order valence-corrected chi connectivity index (χ1v) is 11.6. The van der Waals surface area contributed by atoms with Crippen LogP contribution in [0.25, 0.3) is 6.08 Å². The average Bonchev–Trinajstić information content (AvgIpc) is 3.27. The van der Waals surface area contributed by atoms with E-state index in [9.17, 15) is 4.79 Å². The highest BCUT2D eigenvalue weighted by atomic mass is 35.5. The van der Waals surface area contributed by atoms with Gasteiger partial charge in [0.15, 0.2) is 5.84 Å². The first-order chi connectivity index (χ1) is 16.5. The van der Waals surface area contributed by atoms with Crippen LogP contribution < -0.4 is 4.74 Å². The molecule has 3 heterocycles. The number of thioether (sulfide) groups is 1. The minimum atomic E-state index is -0.509. The molecule has 0 bridgehead atoms. The topological polar surface area (TPSA) is 91.0 Å². The SMILES string of the molecule is N=C1/C(=C/c2ccc(OCc3ccc(Cl)cc3)c(Cl)c2)C(=O)N=C2SC(c3cccnc3)=NN12. The van der Waals surface area contributed by atoms with Crippen LogP contribution >= 0.6 is 35.0 Å². The van der Waals surface area contributed by atoms with Crippen molar-refractivity contribution in [1.82, 2.24) is 9.99 Å². The van der Waals surface area contributed by atoms with Gasteiger partial charge in [-0.15, -0.1) is 0 Å². The Morgan fingerprint density at radius 3 is 2.68 bits per heavy atom. The van der Waals surface area contributed by atoms with E-state index in [1.54, 1.807) is 54.9 Å². The predicted octanol–water partition coefficient (Wildman–Crippen LogP) is 5.63. The van der Waals surface area contributed by atoms with E-state index in [1.807, 2.05) is 18.2 Å². The van der Waals surface area contributed by atoms with Crippen LogP contribution in [0.3, 0.4) is 0 Å². The smallest absolute Gasteiger partial charge is 0.283 e. The fraction of sp³-hybridized carbons (Fsp3) is 0.0417. The van der Waals surface area contributed by atoms with E-state index in [-0.39, 0.29) is 11.4 Å². The van der Waals surface area contributed by atoms with Crippen molar-refractivity contribution in [3.05, 3.63) is 99.3 Å². The Balaban J connectivity index is 1.35. The summed E-state index contributed by atoms with van der Waals surface area (Å²) in [5.74, 6) is -0.0584. The van der Waals surface area contributed by atoms with Gasteiger partial charge in [0.1, 0.15) is 17.4 Å². The second-order valence-corrected chi connectivity index (χ2v) is 9.07. The highest BCUT2D eigenvalue weighted by molar-refractivity contribution is 8.27. The third kappa shape index (κ3) is 4.61. The van der Waals surface area contributed by atoms with Crippen LogP contribution in [-0.4, -0.2) is 31.9 Å². The first kappa shape index (κ1) is 22.3. The number of nitrogens with zero attached hydrogens (tertiary/aromatic N) is 4. The Morgan fingerprint density at radius 1 is 1.12 bits per heavy atom. The maximum Gasteiger partial charge on any atom is 0.283 e. The molecule has 1 amide bonds. The van der Waals surface area contributed by atoms with Crippen molar-refractivity contribution < 1.29 is 9.53 Å². The molecule has 0 atom stereocenters. The molecule has 0 saturated heterocycles. The molecule has 10 heteroatoms. The lowest BCUT2D eigenvalue weighted by molar-refractivity contribution is -0.114. The van der Waals surface area contributed by atoms with Gasteiger partial charge in [-0.3, -0.25) is 15.2 Å². The van der Waals surface area contributed by atoms with Crippen LogP contribution in [-0.2, 0) is 11.4 Å². The number of carbonyl (C=O) groups is 1. The number of hydrazone groups is 1. The number of carbonyl (C=O) groups excluding carboxylic acids is 1. The van der Waals surface area contributed by atoms with E-state index in [0.29, 0.717) is 38.2 Å². The fourth-order valence-electron chi connectivity index (χ4n) is 3.23. The van der Waals surface area contributed by atoms with Gasteiger partial charge >= 0.3 is 0 Å². The maximum atomic E-state index is 12.7. The van der Waals surface area contributed by atoms with Crippen LogP contribution in [0.15, 0.2) is 82.7 Å². The highest BCUT2D eigenvalue weighted by Crippen LogP contribution is 2.32. The molecule has 0 fully saturated rings. The summed E-state index contributed by atoms with van der Waals surface area (Å²) in [7, 11) is 0. The summed E-state index contributed by atoms with van der Waals surface area (Å²) in [4.78, 5) is 20.9. The quantitative estimate of drug-likeness (QED) is 0.451. The van der Waals surface area contributed by atoms with Crippen molar-refractivity contribution >= 4 is 63.0 Å². The van der Waals surface area contributed by atoms with Crippen LogP contribution in [0.5, 0.6) is 5.75 Å². The molecule has 0 spiro atoms. The van der Waals surface area contributed by atoms with E-state index in [1.165, 1.54) is 16.8 Å². The van der Waals surface area contributed by atoms with Crippen molar-refractivity contribution in [1.29, 1.82) is 5.41 Å². The van der Waals surface area contributed by atoms with Crippen LogP contribution in [0.1, 0.15) is 16.7 Å². The first-order valence-electron chi connectivity index (χ1n) is 10.1. The van der Waals surface area contributed by atoms with Crippen LogP contribution in [0.2, 0.25) is 10.0 Å². The number of aliphatic imine (C=N–C) groups is 1. The molecule has 0 saturated carbocycles. The van der Waals surface area contributed by atoms with Gasteiger partial charge in [0.05, 0.1) is 10.6 Å². The maximum absolute atomic E-state index is 12.7. The zero-order chi connectivity index (χ0) is 23.7. The fourth-order valence-corrected chi connectivity index (χ4v) is 4.48. The number of amides is 1. The number of ether oxygens (including phenoxy) is 1. The second kappa shape index (κ2) is 9.42. The largest absolute Gasteiger partial charge is 0.487 e. The molecular weight excluding hydrogens is 493 g/mol. The number of hydrogen-bond acceptors (Lipinski definition) is 6. The van der Waals surface area contributed by atoms with Gasteiger partial charge in [-0.1, -0.05) is 41.4 Å². The summed E-state index contributed by atoms with van der Waals surface area (Å²) in [5.41, 5.74) is 2.50. The van der Waals surface area contributed by atoms with Crippen molar-refractivity contribution in [3.8, 4) is 5.75 Å². The summed E-state index contributed by atoms with van der Waals surface area (Å²) >= 11 is 13.5. The normalized spacial score (nSPS) is 16.4. The third-order valence-electron chi connectivity index (χ3n) is 4.94. The number of pyridine rings is 1. The van der Waals surface area contributed by atoms with E-state index in [0.717, 1.165) is 11.1 Å². The Hall–Kier alpha value is -3.46. The lowest BCUT2D eigenvalue weighted by atomic mass is 10.1. The number of aromatic nitrogens is 1. The molecule has 168 valence electrons. The van der Waals surface area contributed by atoms with E-state index < -0.39 is 5.91 Å². The number of fused-ring (bicyclic) bond motifs is 1. The summed E-state index contributed by atoms with van der Waals surface area (Å²) in [5, 5.41) is 16.3. The zero-order valence-corrected chi connectivity index (χ0v) is 19.7. The second-order valence-electron chi connectivity index (χ2n) is 7.27. The van der Waals surface area contributed by atoms with Crippen molar-refractivity contribution in [2.24, 2.45) is 10.1 Å². The van der Waals surface area contributed by atoms with Crippen LogP contribution in [0, 0.1) is 5.41 Å². The lowest BCUT2D eigenvalue weighted by Crippen LogP contribution is -2.35. The van der Waals surface area contributed by atoms with Crippen LogP contribution in [0.4, 0.5) is 0 Å². The Labute approximate surface area is 209 Å². The molecule has 3 aromatic rings. The minimum absolute atomic E-state index is 0.0550. The molecule has 5 rings (SSSR count). The molecular formula is C24H15Cl2N5O2S. The standard InChI is InChI=1S/C24H15Cl2N5O2S/c25-17-6-3-14(4-7-17)13-33-20-8-5-15(11-19(20)26)10-18-21(27)31-24(29-22(18)32)34-23(30-31)16-2-1-9-28-12-16/h1-12,27H,13H2/b18-10-,27-21?. The van der Waals surface area contributed by atoms with Gasteiger partial charge in [0, 0.05) is 23.0 Å². The summed E-state index contributed by atoms with van der Waals surface area (Å²) in [6.07, 6.45) is 4.91. The van der Waals surface area contributed by atoms with Crippen molar-refractivity contribution in [2.75, 3.05) is 0 Å². The number of amidine groups is 2. The van der Waals surface area contributed by atoms with E-state index in [2.05, 4.69) is 15.1 Å². The molecule has 2 aliphatic heterocycles. The third-order valence-corrected chi connectivity index (χ3v) is 6.44. The zero-order valence-electron chi connectivity index (χ0n) is 17.4. The Morgan fingerprint density at radius 2 is 1.94 bits per heavy atom. The van der Waals surface area contributed by atoms with Gasteiger partial charge < -0.3 is 4.74 Å². The molecule has 1 N–H and O–H groups in total. The molecule has 0 unspecified atom stereocenters. The van der Waals surface area contributed by atoms with E-state index in [4.69, 9.17) is 33.3 Å².